The van der Waals surface area contributed by atoms with E-state index in [0.29, 0.717) is 18.4 Å². The minimum atomic E-state index is -0.813. The van der Waals surface area contributed by atoms with Crippen LogP contribution >= 0.6 is 0 Å². The summed E-state index contributed by atoms with van der Waals surface area (Å²) in [5, 5.41) is 10.9. The van der Waals surface area contributed by atoms with E-state index in [2.05, 4.69) is 20.4 Å². The number of fused-ring (bicyclic) bond motifs is 1. The molecular weight excluding hydrogens is 304 g/mol. The maximum absolute atomic E-state index is 12.3. The van der Waals surface area contributed by atoms with Gasteiger partial charge in [-0.15, -0.1) is 0 Å². The number of aliphatic hydroxyl groups is 1. The van der Waals surface area contributed by atoms with Gasteiger partial charge in [-0.2, -0.15) is 0 Å². The van der Waals surface area contributed by atoms with Crippen LogP contribution in [-0.2, 0) is 14.3 Å². The Morgan fingerprint density at radius 1 is 1.38 bits per heavy atom. The van der Waals surface area contributed by atoms with Gasteiger partial charge in [-0.3, -0.25) is 4.79 Å². The lowest BCUT2D eigenvalue weighted by Crippen LogP contribution is -2.58. The van der Waals surface area contributed by atoms with Crippen LogP contribution in [0.4, 0.5) is 0 Å². The molecular formula is C20H30O4. The quantitative estimate of drug-likeness (QED) is 0.488. The van der Waals surface area contributed by atoms with E-state index in [1.807, 2.05) is 6.92 Å². The Bertz CT molecular complexity index is 576. The van der Waals surface area contributed by atoms with E-state index in [0.717, 1.165) is 12.0 Å². The zero-order valence-electron chi connectivity index (χ0n) is 15.5. The van der Waals surface area contributed by atoms with E-state index in [1.165, 1.54) is 0 Å². The van der Waals surface area contributed by atoms with Crippen LogP contribution in [0, 0.1) is 23.2 Å². The molecule has 0 aliphatic heterocycles. The summed E-state index contributed by atoms with van der Waals surface area (Å²) >= 11 is 0. The van der Waals surface area contributed by atoms with Gasteiger partial charge < -0.3 is 9.84 Å². The monoisotopic (exact) mass is 334 g/mol. The summed E-state index contributed by atoms with van der Waals surface area (Å²) in [6.07, 6.45) is 1.92. The van der Waals surface area contributed by atoms with Gasteiger partial charge in [0.05, 0.1) is 6.10 Å². The van der Waals surface area contributed by atoms with Gasteiger partial charge in [0.2, 0.25) is 0 Å². The number of hydrogen-bond donors (Lipinski definition) is 1. The third-order valence-corrected chi connectivity index (χ3v) is 6.39. The molecule has 2 rings (SSSR count). The maximum Gasteiger partial charge on any atom is 0.333 e. The first kappa shape index (κ1) is 18.9. The summed E-state index contributed by atoms with van der Waals surface area (Å²) in [4.78, 5) is 24.5. The molecule has 0 saturated heterocycles. The van der Waals surface area contributed by atoms with E-state index < -0.39 is 18.2 Å². The Labute approximate surface area is 145 Å². The first-order valence-corrected chi connectivity index (χ1v) is 8.80. The molecule has 134 valence electrons. The number of ketones is 1. The standard InChI is InChI=1S/C20H30O4/c1-7-12(4)19(23)24-18-16-9-14(21)8-13(5)20(16,6)10-15(11(2)3)17(18)22/h7,13,15-18,22H,2,8-10H2,1,3-6H3. The van der Waals surface area contributed by atoms with Crippen molar-refractivity contribution in [1.82, 2.24) is 0 Å². The summed E-state index contributed by atoms with van der Waals surface area (Å²) in [5.41, 5.74) is 1.26. The van der Waals surface area contributed by atoms with Crippen molar-refractivity contribution in [3.8, 4) is 0 Å². The van der Waals surface area contributed by atoms with Gasteiger partial charge in [-0.05, 0) is 38.5 Å². The molecule has 0 aromatic carbocycles. The van der Waals surface area contributed by atoms with E-state index in [1.54, 1.807) is 19.9 Å². The highest BCUT2D eigenvalue weighted by Gasteiger charge is 2.56. The summed E-state index contributed by atoms with van der Waals surface area (Å²) in [6.45, 7) is 13.7. The van der Waals surface area contributed by atoms with E-state index in [-0.39, 0.29) is 29.0 Å². The smallest absolute Gasteiger partial charge is 0.333 e. The van der Waals surface area contributed by atoms with Gasteiger partial charge >= 0.3 is 5.97 Å². The summed E-state index contributed by atoms with van der Waals surface area (Å²) < 4.78 is 5.72. The van der Waals surface area contributed by atoms with Crippen molar-refractivity contribution in [1.29, 1.82) is 0 Å². The number of aliphatic hydroxyl groups excluding tert-OH is 1. The largest absolute Gasteiger partial charge is 0.456 e. The molecule has 0 aromatic rings. The minimum absolute atomic E-state index is 0.120. The lowest BCUT2D eigenvalue weighted by Gasteiger charge is -2.55. The normalized spacial score (nSPS) is 40.0. The van der Waals surface area contributed by atoms with Crippen LogP contribution in [0.15, 0.2) is 23.8 Å². The molecule has 6 atom stereocenters. The molecule has 1 N–H and O–H groups in total. The van der Waals surface area contributed by atoms with Crippen LogP contribution in [0.2, 0.25) is 0 Å². The van der Waals surface area contributed by atoms with Gasteiger partial charge in [-0.25, -0.2) is 4.79 Å². The predicted octanol–water partition coefficient (Wildman–Crippen LogP) is 3.44. The van der Waals surface area contributed by atoms with Gasteiger partial charge in [0.25, 0.3) is 0 Å². The molecule has 4 nitrogen and oxygen atoms in total. The number of rotatable bonds is 3. The Kier molecular flexibility index (Phi) is 5.38. The van der Waals surface area contributed by atoms with E-state index in [9.17, 15) is 14.7 Å². The molecule has 0 amide bonds. The summed E-state index contributed by atoms with van der Waals surface area (Å²) in [6, 6.07) is 0. The van der Waals surface area contributed by atoms with Crippen LogP contribution in [0.25, 0.3) is 0 Å². The van der Waals surface area contributed by atoms with Crippen molar-refractivity contribution in [3.05, 3.63) is 23.8 Å². The first-order valence-electron chi connectivity index (χ1n) is 8.80. The van der Waals surface area contributed by atoms with Crippen LogP contribution in [0.1, 0.15) is 53.9 Å². The van der Waals surface area contributed by atoms with Crippen LogP contribution in [0.5, 0.6) is 0 Å². The fourth-order valence-corrected chi connectivity index (χ4v) is 4.36. The fourth-order valence-electron chi connectivity index (χ4n) is 4.36. The average Bonchev–Trinajstić information content (AvgIpc) is 2.51. The van der Waals surface area contributed by atoms with E-state index in [4.69, 9.17) is 4.74 Å². The molecule has 0 radical (unpaired) electrons. The highest BCUT2D eigenvalue weighted by molar-refractivity contribution is 5.88. The number of ether oxygens (including phenoxy) is 1. The number of Topliss-reactive ketones (excluding diaryl/α,β-unsaturated/α-hetero) is 1. The van der Waals surface area contributed by atoms with Gasteiger partial charge in [0, 0.05) is 30.3 Å². The lowest BCUT2D eigenvalue weighted by molar-refractivity contribution is -0.187. The van der Waals surface area contributed by atoms with E-state index >= 15 is 0 Å². The average molecular weight is 334 g/mol. The predicted molar refractivity (Wildman–Crippen MR) is 93.2 cm³/mol. The SMILES string of the molecule is C=C(C)C1CC2(C)C(C)CC(=O)CC2C(OC(=O)C(C)=CC)C1O. The third kappa shape index (κ3) is 3.21. The molecule has 6 unspecified atom stereocenters. The third-order valence-electron chi connectivity index (χ3n) is 6.39. The molecule has 24 heavy (non-hydrogen) atoms. The van der Waals surface area contributed by atoms with Gasteiger partial charge in [0.15, 0.2) is 0 Å². The van der Waals surface area contributed by atoms with Gasteiger partial charge in [0.1, 0.15) is 11.9 Å². The van der Waals surface area contributed by atoms with Crippen molar-refractivity contribution in [2.45, 2.75) is 66.1 Å². The minimum Gasteiger partial charge on any atom is -0.456 e. The van der Waals surface area contributed by atoms with Crippen molar-refractivity contribution in [2.75, 3.05) is 0 Å². The Hall–Kier alpha value is -1.42. The fraction of sp³-hybridized carbons (Fsp3) is 0.700. The molecule has 2 saturated carbocycles. The van der Waals surface area contributed by atoms with Crippen LogP contribution in [0.3, 0.4) is 0 Å². The van der Waals surface area contributed by atoms with Crippen molar-refractivity contribution in [2.24, 2.45) is 23.2 Å². The van der Waals surface area contributed by atoms with Crippen LogP contribution < -0.4 is 0 Å². The van der Waals surface area contributed by atoms with Crippen molar-refractivity contribution in [3.63, 3.8) is 0 Å². The molecule has 2 aliphatic rings. The van der Waals surface area contributed by atoms with Crippen LogP contribution in [-0.4, -0.2) is 29.1 Å². The second-order valence-electron chi connectivity index (χ2n) is 7.95. The molecule has 4 heteroatoms. The summed E-state index contributed by atoms with van der Waals surface area (Å²) in [7, 11) is 0. The number of carbonyl (C=O) groups excluding carboxylic acids is 2. The zero-order valence-corrected chi connectivity index (χ0v) is 15.5. The molecule has 0 spiro atoms. The van der Waals surface area contributed by atoms with Gasteiger partial charge in [-0.1, -0.05) is 32.1 Å². The summed E-state index contributed by atoms with van der Waals surface area (Å²) in [5.74, 6) is -0.299. The van der Waals surface area contributed by atoms with Crippen molar-refractivity contribution >= 4 is 11.8 Å². The van der Waals surface area contributed by atoms with Crippen molar-refractivity contribution < 1.29 is 19.4 Å². The molecule has 0 bridgehead atoms. The topological polar surface area (TPSA) is 63.6 Å². The number of carbonyl (C=O) groups is 2. The molecule has 2 aliphatic carbocycles. The second-order valence-corrected chi connectivity index (χ2v) is 7.95. The number of hydrogen-bond acceptors (Lipinski definition) is 4. The highest BCUT2D eigenvalue weighted by atomic mass is 16.6. The molecule has 0 aromatic heterocycles. The highest BCUT2D eigenvalue weighted by Crippen LogP contribution is 2.55. The number of allylic oxidation sites excluding steroid dienone is 1. The molecule has 2 fully saturated rings. The first-order chi connectivity index (χ1) is 11.1. The molecule has 0 heterocycles. The Morgan fingerprint density at radius 3 is 2.54 bits per heavy atom. The Balaban J connectivity index is 2.40. The number of esters is 1. The lowest BCUT2D eigenvalue weighted by atomic mass is 9.51. The Morgan fingerprint density at radius 2 is 2.00 bits per heavy atom. The second kappa shape index (κ2) is 6.83. The maximum atomic E-state index is 12.3. The zero-order chi connectivity index (χ0) is 18.2.